The van der Waals surface area contributed by atoms with Gasteiger partial charge in [-0.3, -0.25) is 14.9 Å². The number of H-pyrrole nitrogens is 1. The summed E-state index contributed by atoms with van der Waals surface area (Å²) in [5.41, 5.74) is 6.31. The van der Waals surface area contributed by atoms with E-state index in [9.17, 15) is 4.79 Å². The summed E-state index contributed by atoms with van der Waals surface area (Å²) in [6.07, 6.45) is 12.7. The minimum Gasteiger partial charge on any atom is -0.361 e. The number of hydrogen-bond acceptors (Lipinski definition) is 3. The normalized spacial score (nSPS) is 11.8. The summed E-state index contributed by atoms with van der Waals surface area (Å²) in [6, 6.07) is 16.6. The summed E-state index contributed by atoms with van der Waals surface area (Å²) < 4.78 is 0. The number of para-hydroxylation sites is 1. The smallest absolute Gasteiger partial charge is 0.267 e. The minimum atomic E-state index is -0.534. The molecule has 1 aromatic heterocycles. The van der Waals surface area contributed by atoms with Crippen LogP contribution in [-0.4, -0.2) is 34.1 Å². The average molecular weight is 418 g/mol. The topological polar surface area (TPSA) is 68.4 Å². The Hall–Kier alpha value is -3.15. The fourth-order valence-corrected chi connectivity index (χ4v) is 3.69. The molecule has 3 N–H and O–H groups in total. The van der Waals surface area contributed by atoms with Crippen molar-refractivity contribution in [2.75, 3.05) is 13.1 Å². The third-order valence-corrected chi connectivity index (χ3v) is 5.38. The summed E-state index contributed by atoms with van der Waals surface area (Å²) in [6.45, 7) is 5.00. The highest BCUT2D eigenvalue weighted by molar-refractivity contribution is 5.90. The van der Waals surface area contributed by atoms with Gasteiger partial charge in [0.25, 0.3) is 5.91 Å². The first-order chi connectivity index (χ1) is 15.2. The second kappa shape index (κ2) is 11.9. The van der Waals surface area contributed by atoms with E-state index in [-0.39, 0.29) is 0 Å². The summed E-state index contributed by atoms with van der Waals surface area (Å²) in [7, 11) is 0. The Morgan fingerprint density at radius 2 is 1.94 bits per heavy atom. The molecule has 0 aliphatic carbocycles. The van der Waals surface area contributed by atoms with Crippen LogP contribution in [0.15, 0.2) is 73.0 Å². The number of benzene rings is 2. The van der Waals surface area contributed by atoms with Gasteiger partial charge in [0.2, 0.25) is 0 Å². The molecule has 0 aliphatic heterocycles. The maximum Gasteiger partial charge on any atom is 0.267 e. The average Bonchev–Trinajstić information content (AvgIpc) is 3.22. The maximum atomic E-state index is 11.1. The van der Waals surface area contributed by atoms with E-state index in [1.807, 2.05) is 12.1 Å². The Bertz CT molecular complexity index is 1020. The molecule has 0 radical (unpaired) electrons. The van der Waals surface area contributed by atoms with Crippen molar-refractivity contribution < 1.29 is 10.0 Å². The number of carbonyl (C=O) groups excluding carboxylic acids is 1. The van der Waals surface area contributed by atoms with Crippen molar-refractivity contribution in [1.82, 2.24) is 15.4 Å². The number of amides is 1. The molecule has 0 fully saturated rings. The highest BCUT2D eigenvalue weighted by Gasteiger charge is 2.09. The number of nitrogens with one attached hydrogen (secondary N) is 2. The van der Waals surface area contributed by atoms with Crippen LogP contribution in [-0.2, 0) is 17.8 Å². The number of rotatable bonds is 11. The standard InChI is InChI=1S/C26H31N3O2/c1-2-3-4-7-17-29(18-16-23-19-27-25-9-6-5-8-24(23)25)20-22-12-10-21(11-13-22)14-15-26(30)28-31/h2-3,5-6,8-15,19,27,31H,4,7,16-18,20H2,1H3,(H,28,30)/b3-2-,15-14+. The van der Waals surface area contributed by atoms with E-state index in [0.29, 0.717) is 0 Å². The number of aromatic amines is 1. The Labute approximate surface area is 184 Å². The Morgan fingerprint density at radius 3 is 2.71 bits per heavy atom. The predicted molar refractivity (Wildman–Crippen MR) is 127 cm³/mol. The van der Waals surface area contributed by atoms with Crippen LogP contribution >= 0.6 is 0 Å². The van der Waals surface area contributed by atoms with Gasteiger partial charge >= 0.3 is 0 Å². The van der Waals surface area contributed by atoms with E-state index in [0.717, 1.165) is 44.5 Å². The number of hydroxylamine groups is 1. The van der Waals surface area contributed by atoms with Gasteiger partial charge in [0.05, 0.1) is 0 Å². The molecule has 0 atom stereocenters. The fourth-order valence-electron chi connectivity index (χ4n) is 3.69. The monoisotopic (exact) mass is 417 g/mol. The minimum absolute atomic E-state index is 0.534. The molecule has 5 heteroatoms. The molecular formula is C26H31N3O2. The molecule has 3 aromatic rings. The molecular weight excluding hydrogens is 386 g/mol. The van der Waals surface area contributed by atoms with Gasteiger partial charge in [-0.15, -0.1) is 0 Å². The number of allylic oxidation sites excluding steroid dienone is 2. The van der Waals surface area contributed by atoms with Gasteiger partial charge in [-0.25, -0.2) is 5.48 Å². The number of unbranched alkanes of at least 4 members (excludes halogenated alkanes) is 1. The lowest BCUT2D eigenvalue weighted by Crippen LogP contribution is -2.26. The molecule has 3 rings (SSSR count). The molecule has 0 spiro atoms. The number of hydrogen-bond donors (Lipinski definition) is 3. The van der Waals surface area contributed by atoms with Crippen molar-refractivity contribution in [3.63, 3.8) is 0 Å². The Balaban J connectivity index is 1.63. The van der Waals surface area contributed by atoms with E-state index in [4.69, 9.17) is 5.21 Å². The Morgan fingerprint density at radius 1 is 1.13 bits per heavy atom. The molecule has 2 aromatic carbocycles. The fraction of sp³-hybridized carbons (Fsp3) is 0.269. The molecule has 1 heterocycles. The molecule has 1 amide bonds. The number of fused-ring (bicyclic) bond motifs is 1. The van der Waals surface area contributed by atoms with Gasteiger partial charge in [0.1, 0.15) is 0 Å². The van der Waals surface area contributed by atoms with E-state index >= 15 is 0 Å². The summed E-state index contributed by atoms with van der Waals surface area (Å²) in [4.78, 5) is 17.0. The van der Waals surface area contributed by atoms with E-state index in [1.165, 1.54) is 28.1 Å². The van der Waals surface area contributed by atoms with Gasteiger partial charge in [-0.05, 0) is 61.6 Å². The van der Waals surface area contributed by atoms with Crippen LogP contribution in [0.2, 0.25) is 0 Å². The zero-order valence-corrected chi connectivity index (χ0v) is 18.1. The highest BCUT2D eigenvalue weighted by Crippen LogP contribution is 2.19. The molecule has 5 nitrogen and oxygen atoms in total. The second-order valence-corrected chi connectivity index (χ2v) is 7.65. The van der Waals surface area contributed by atoms with Gasteiger partial charge in [0.15, 0.2) is 0 Å². The highest BCUT2D eigenvalue weighted by atomic mass is 16.5. The van der Waals surface area contributed by atoms with Crippen molar-refractivity contribution in [2.45, 2.75) is 32.7 Å². The third-order valence-electron chi connectivity index (χ3n) is 5.38. The van der Waals surface area contributed by atoms with Gasteiger partial charge in [0, 0.05) is 36.3 Å². The van der Waals surface area contributed by atoms with E-state index in [1.54, 1.807) is 11.6 Å². The quantitative estimate of drug-likeness (QED) is 0.134. The Kier molecular flexibility index (Phi) is 8.64. The summed E-state index contributed by atoms with van der Waals surface area (Å²) in [5, 5.41) is 9.88. The summed E-state index contributed by atoms with van der Waals surface area (Å²) >= 11 is 0. The number of nitrogens with zero attached hydrogens (tertiary/aromatic N) is 1. The van der Waals surface area contributed by atoms with Crippen molar-refractivity contribution >= 4 is 22.9 Å². The summed E-state index contributed by atoms with van der Waals surface area (Å²) in [5.74, 6) is -0.534. The van der Waals surface area contributed by atoms with Crippen LogP contribution in [0.3, 0.4) is 0 Å². The van der Waals surface area contributed by atoms with Crippen molar-refractivity contribution in [3.8, 4) is 0 Å². The van der Waals surface area contributed by atoms with Crippen LogP contribution in [0.25, 0.3) is 17.0 Å². The zero-order chi connectivity index (χ0) is 21.9. The van der Waals surface area contributed by atoms with E-state index in [2.05, 4.69) is 71.6 Å². The molecule has 0 bridgehead atoms. The SMILES string of the molecule is C/C=C\CCCN(CCc1c[nH]c2ccccc12)Cc1ccc(/C=C/C(=O)NO)cc1. The number of aromatic nitrogens is 1. The van der Waals surface area contributed by atoms with Crippen molar-refractivity contribution in [1.29, 1.82) is 0 Å². The first-order valence-electron chi connectivity index (χ1n) is 10.8. The lowest BCUT2D eigenvalue weighted by atomic mass is 10.1. The molecule has 162 valence electrons. The first kappa shape index (κ1) is 22.5. The lowest BCUT2D eigenvalue weighted by Gasteiger charge is -2.22. The van der Waals surface area contributed by atoms with Gasteiger partial charge in [-0.1, -0.05) is 54.6 Å². The lowest BCUT2D eigenvalue weighted by molar-refractivity contribution is -0.124. The van der Waals surface area contributed by atoms with Crippen LogP contribution in [0.1, 0.15) is 36.5 Å². The molecule has 31 heavy (non-hydrogen) atoms. The van der Waals surface area contributed by atoms with Gasteiger partial charge in [-0.2, -0.15) is 0 Å². The molecule has 0 saturated carbocycles. The van der Waals surface area contributed by atoms with Crippen molar-refractivity contribution in [3.05, 3.63) is 89.6 Å². The number of carbonyl (C=O) groups is 1. The first-order valence-corrected chi connectivity index (χ1v) is 10.8. The zero-order valence-electron chi connectivity index (χ0n) is 18.1. The van der Waals surface area contributed by atoms with E-state index < -0.39 is 5.91 Å². The maximum absolute atomic E-state index is 11.1. The largest absolute Gasteiger partial charge is 0.361 e. The van der Waals surface area contributed by atoms with Crippen LogP contribution in [0.4, 0.5) is 0 Å². The van der Waals surface area contributed by atoms with Crippen molar-refractivity contribution in [2.24, 2.45) is 0 Å². The third kappa shape index (κ3) is 6.95. The molecule has 0 aliphatic rings. The van der Waals surface area contributed by atoms with Gasteiger partial charge < -0.3 is 4.98 Å². The molecule has 0 unspecified atom stereocenters. The van der Waals surface area contributed by atoms with Crippen LogP contribution in [0, 0.1) is 0 Å². The second-order valence-electron chi connectivity index (χ2n) is 7.65. The molecule has 0 saturated heterocycles. The van der Waals surface area contributed by atoms with Crippen LogP contribution < -0.4 is 5.48 Å². The van der Waals surface area contributed by atoms with Crippen LogP contribution in [0.5, 0.6) is 0 Å². The predicted octanol–water partition coefficient (Wildman–Crippen LogP) is 5.09.